The summed E-state index contributed by atoms with van der Waals surface area (Å²) in [5.41, 5.74) is 1.64. The first kappa shape index (κ1) is 13.8. The van der Waals surface area contributed by atoms with Gasteiger partial charge in [0.05, 0.1) is 20.9 Å². The van der Waals surface area contributed by atoms with Gasteiger partial charge in [-0.05, 0) is 59.9 Å². The first-order chi connectivity index (χ1) is 9.56. The minimum atomic E-state index is -0.231. The second-order valence-electron chi connectivity index (χ2n) is 4.72. The average molecular weight is 402 g/mol. The zero-order valence-electron chi connectivity index (χ0n) is 10.7. The highest BCUT2D eigenvalue weighted by Crippen LogP contribution is 2.25. The second-order valence-corrected chi connectivity index (χ2v) is 6.27. The summed E-state index contributed by atoms with van der Waals surface area (Å²) in [4.78, 5) is 3.13. The van der Waals surface area contributed by atoms with Crippen molar-refractivity contribution in [2.45, 2.75) is 19.4 Å². The number of benzene rings is 1. The summed E-state index contributed by atoms with van der Waals surface area (Å²) in [6.45, 7) is 2.04. The number of aromatic nitrogens is 2. The highest BCUT2D eigenvalue weighted by molar-refractivity contribution is 14.1. The van der Waals surface area contributed by atoms with Gasteiger partial charge >= 0.3 is 0 Å². The van der Waals surface area contributed by atoms with Crippen LogP contribution in [-0.2, 0) is 6.42 Å². The van der Waals surface area contributed by atoms with E-state index in [9.17, 15) is 4.39 Å². The molecule has 0 aliphatic heterocycles. The van der Waals surface area contributed by atoms with E-state index in [0.29, 0.717) is 14.8 Å². The van der Waals surface area contributed by atoms with E-state index in [1.165, 1.54) is 6.07 Å². The molecule has 1 N–H and O–H groups in total. The van der Waals surface area contributed by atoms with Crippen molar-refractivity contribution in [1.29, 1.82) is 0 Å². The maximum atomic E-state index is 13.8. The summed E-state index contributed by atoms with van der Waals surface area (Å²) in [6, 6.07) is 7.18. The van der Waals surface area contributed by atoms with Gasteiger partial charge in [-0.3, -0.25) is 0 Å². The van der Waals surface area contributed by atoms with Gasteiger partial charge in [-0.25, -0.2) is 4.39 Å². The Morgan fingerprint density at radius 1 is 1.50 bits per heavy atom. The van der Waals surface area contributed by atoms with E-state index in [2.05, 4.69) is 4.98 Å². The van der Waals surface area contributed by atoms with E-state index >= 15 is 0 Å². The van der Waals surface area contributed by atoms with E-state index < -0.39 is 0 Å². The van der Waals surface area contributed by atoms with Crippen LogP contribution >= 0.6 is 34.8 Å². The molecule has 0 bridgehead atoms. The molecule has 2 heterocycles. The molecule has 1 unspecified atom stereocenters. The Hall–Kier alpha value is -1.15. The number of furan rings is 1. The highest BCUT2D eigenvalue weighted by Gasteiger charge is 2.15. The van der Waals surface area contributed by atoms with Crippen molar-refractivity contribution in [3.8, 4) is 0 Å². The molecule has 6 heteroatoms. The van der Waals surface area contributed by atoms with Gasteiger partial charge in [-0.2, -0.15) is 0 Å². The molecule has 1 atom stereocenters. The molecule has 0 aliphatic carbocycles. The van der Waals surface area contributed by atoms with E-state index in [1.807, 2.05) is 46.2 Å². The Morgan fingerprint density at radius 3 is 3.00 bits per heavy atom. The molecule has 3 aromatic rings. The SMILES string of the molecule is CC(Cc1ccco1)n1c(=S)[nH]c2cc(I)c(F)cc21. The van der Waals surface area contributed by atoms with Crippen LogP contribution in [0.1, 0.15) is 18.7 Å². The van der Waals surface area contributed by atoms with Gasteiger partial charge in [-0.1, -0.05) is 0 Å². The van der Waals surface area contributed by atoms with Gasteiger partial charge in [0, 0.05) is 18.5 Å². The largest absolute Gasteiger partial charge is 0.469 e. The topological polar surface area (TPSA) is 33.9 Å². The van der Waals surface area contributed by atoms with Gasteiger partial charge in [0.1, 0.15) is 11.6 Å². The van der Waals surface area contributed by atoms with Crippen molar-refractivity contribution in [1.82, 2.24) is 9.55 Å². The molecule has 0 saturated carbocycles. The number of H-pyrrole nitrogens is 1. The van der Waals surface area contributed by atoms with Crippen LogP contribution in [0.5, 0.6) is 0 Å². The predicted molar refractivity (Wildman–Crippen MR) is 86.9 cm³/mol. The van der Waals surface area contributed by atoms with Gasteiger partial charge in [0.2, 0.25) is 0 Å². The minimum Gasteiger partial charge on any atom is -0.469 e. The number of nitrogens with zero attached hydrogens (tertiary/aromatic N) is 1. The van der Waals surface area contributed by atoms with Crippen molar-refractivity contribution >= 4 is 45.8 Å². The lowest BCUT2D eigenvalue weighted by Gasteiger charge is -2.13. The third kappa shape index (κ3) is 2.42. The molecule has 0 spiro atoms. The summed E-state index contributed by atoms with van der Waals surface area (Å²) >= 11 is 7.34. The number of halogens is 2. The number of nitrogens with one attached hydrogen (secondary N) is 1. The van der Waals surface area contributed by atoms with Gasteiger partial charge in [-0.15, -0.1) is 0 Å². The van der Waals surface area contributed by atoms with Crippen LogP contribution in [0, 0.1) is 14.2 Å². The maximum absolute atomic E-state index is 13.8. The fraction of sp³-hybridized carbons (Fsp3) is 0.214. The van der Waals surface area contributed by atoms with E-state index in [0.717, 1.165) is 16.8 Å². The highest BCUT2D eigenvalue weighted by atomic mass is 127. The Labute approximate surface area is 133 Å². The molecule has 1 aromatic carbocycles. The van der Waals surface area contributed by atoms with Crippen LogP contribution in [0.4, 0.5) is 4.39 Å². The summed E-state index contributed by atoms with van der Waals surface area (Å²) in [6.07, 6.45) is 2.36. The fourth-order valence-corrected chi connectivity index (χ4v) is 3.22. The molecule has 2 aromatic heterocycles. The third-order valence-corrected chi connectivity index (χ3v) is 4.40. The van der Waals surface area contributed by atoms with Crippen LogP contribution < -0.4 is 0 Å². The predicted octanol–water partition coefficient (Wildman–Crippen LogP) is 4.84. The summed E-state index contributed by atoms with van der Waals surface area (Å²) in [5, 5.41) is 0. The molecule has 3 rings (SSSR count). The van der Waals surface area contributed by atoms with E-state index in [-0.39, 0.29) is 11.9 Å². The molecular weight excluding hydrogens is 390 g/mol. The zero-order valence-corrected chi connectivity index (χ0v) is 13.7. The molecular formula is C14H12FIN2OS. The molecule has 0 radical (unpaired) electrons. The number of rotatable bonds is 3. The lowest BCUT2D eigenvalue weighted by Crippen LogP contribution is -2.08. The number of aromatic amines is 1. The average Bonchev–Trinajstić information content (AvgIpc) is 2.97. The number of hydrogen-bond acceptors (Lipinski definition) is 2. The van der Waals surface area contributed by atoms with Crippen LogP contribution in [0.2, 0.25) is 0 Å². The lowest BCUT2D eigenvalue weighted by molar-refractivity contribution is 0.451. The molecule has 0 amide bonds. The third-order valence-electron chi connectivity index (χ3n) is 3.28. The zero-order chi connectivity index (χ0) is 14.3. The van der Waals surface area contributed by atoms with Crippen LogP contribution in [0.3, 0.4) is 0 Å². The number of fused-ring (bicyclic) bond motifs is 1. The summed E-state index contributed by atoms with van der Waals surface area (Å²) in [7, 11) is 0. The van der Waals surface area contributed by atoms with Crippen molar-refractivity contribution in [2.75, 3.05) is 0 Å². The second kappa shape index (κ2) is 5.33. The van der Waals surface area contributed by atoms with E-state index in [4.69, 9.17) is 16.6 Å². The molecule has 20 heavy (non-hydrogen) atoms. The maximum Gasteiger partial charge on any atom is 0.178 e. The normalized spacial score (nSPS) is 12.9. The summed E-state index contributed by atoms with van der Waals surface area (Å²) < 4.78 is 22.3. The van der Waals surface area contributed by atoms with Crippen molar-refractivity contribution in [2.24, 2.45) is 0 Å². The first-order valence-electron chi connectivity index (χ1n) is 6.18. The van der Waals surface area contributed by atoms with Gasteiger partial charge in [0.15, 0.2) is 4.77 Å². The lowest BCUT2D eigenvalue weighted by atomic mass is 10.2. The van der Waals surface area contributed by atoms with Crippen molar-refractivity contribution < 1.29 is 8.81 Å². The Balaban J connectivity index is 2.08. The van der Waals surface area contributed by atoms with Crippen LogP contribution in [-0.4, -0.2) is 9.55 Å². The van der Waals surface area contributed by atoms with Crippen LogP contribution in [0.15, 0.2) is 34.9 Å². The summed E-state index contributed by atoms with van der Waals surface area (Å²) in [5.74, 6) is 0.658. The molecule has 0 saturated heterocycles. The monoisotopic (exact) mass is 402 g/mol. The molecule has 0 aliphatic rings. The van der Waals surface area contributed by atoms with E-state index in [1.54, 1.807) is 12.3 Å². The standard InChI is InChI=1S/C14H12FIN2OS/c1-8(5-9-3-2-4-19-9)18-13-6-10(15)11(16)7-12(13)17-14(18)20/h2-4,6-8H,5H2,1H3,(H,17,20). The molecule has 0 fully saturated rings. The Kier molecular flexibility index (Phi) is 3.68. The number of imidazole rings is 1. The quantitative estimate of drug-likeness (QED) is 0.503. The van der Waals surface area contributed by atoms with Crippen molar-refractivity contribution in [3.63, 3.8) is 0 Å². The smallest absolute Gasteiger partial charge is 0.178 e. The Morgan fingerprint density at radius 2 is 2.30 bits per heavy atom. The molecule has 104 valence electrons. The van der Waals surface area contributed by atoms with Gasteiger partial charge in [0.25, 0.3) is 0 Å². The first-order valence-corrected chi connectivity index (χ1v) is 7.66. The molecule has 3 nitrogen and oxygen atoms in total. The van der Waals surface area contributed by atoms with Crippen molar-refractivity contribution in [3.05, 3.63) is 50.4 Å². The van der Waals surface area contributed by atoms with Crippen LogP contribution in [0.25, 0.3) is 11.0 Å². The number of hydrogen-bond donors (Lipinski definition) is 1. The van der Waals surface area contributed by atoms with Gasteiger partial charge < -0.3 is 14.0 Å². The minimum absolute atomic E-state index is 0.0851. The fourth-order valence-electron chi connectivity index (χ4n) is 2.37. The Bertz CT molecular complexity index is 807.